The Morgan fingerprint density at radius 3 is 2.67 bits per heavy atom. The third-order valence-corrected chi connectivity index (χ3v) is 4.71. The van der Waals surface area contributed by atoms with E-state index in [0.29, 0.717) is 13.0 Å². The minimum absolute atomic E-state index is 0.120. The molecule has 3 rings (SSSR count). The first kappa shape index (κ1) is 18.8. The highest BCUT2D eigenvalue weighted by Gasteiger charge is 2.31. The number of hydrogen-bond acceptors (Lipinski definition) is 5. The Labute approximate surface area is 155 Å². The van der Waals surface area contributed by atoms with Crippen LogP contribution in [0.2, 0.25) is 0 Å². The fraction of sp³-hybridized carbons (Fsp3) is 0.500. The number of aromatic amines is 2. The minimum atomic E-state index is -0.723. The quantitative estimate of drug-likeness (QED) is 0.797. The molecule has 0 spiro atoms. The van der Waals surface area contributed by atoms with Crippen molar-refractivity contribution in [3.05, 3.63) is 60.8 Å². The van der Waals surface area contributed by atoms with Crippen LogP contribution in [0.5, 0.6) is 0 Å². The topological polar surface area (TPSA) is 121 Å². The molecule has 1 unspecified atom stereocenters. The van der Waals surface area contributed by atoms with Gasteiger partial charge in [-0.3, -0.25) is 19.4 Å². The van der Waals surface area contributed by atoms with Crippen LogP contribution in [0.4, 0.5) is 0 Å². The Hall–Kier alpha value is -2.97. The summed E-state index contributed by atoms with van der Waals surface area (Å²) in [6.07, 6.45) is 2.61. The molecule has 1 fully saturated rings. The van der Waals surface area contributed by atoms with Gasteiger partial charge >= 0.3 is 5.69 Å². The van der Waals surface area contributed by atoms with Gasteiger partial charge in [0, 0.05) is 24.2 Å². The first-order valence-electron chi connectivity index (χ1n) is 8.88. The van der Waals surface area contributed by atoms with E-state index in [1.165, 1.54) is 10.7 Å². The molecule has 0 radical (unpaired) electrons. The van der Waals surface area contributed by atoms with Gasteiger partial charge in [0.15, 0.2) is 0 Å². The molecular formula is C18H23N5O4. The molecule has 0 aromatic carbocycles. The highest BCUT2D eigenvalue weighted by atomic mass is 16.2. The van der Waals surface area contributed by atoms with Gasteiger partial charge in [-0.25, -0.2) is 9.48 Å². The molecule has 144 valence electrons. The largest absolute Gasteiger partial charge is 0.334 e. The maximum atomic E-state index is 12.8. The monoisotopic (exact) mass is 373 g/mol. The van der Waals surface area contributed by atoms with Gasteiger partial charge in [-0.05, 0) is 18.9 Å². The van der Waals surface area contributed by atoms with E-state index in [4.69, 9.17) is 0 Å². The molecule has 3 heterocycles. The van der Waals surface area contributed by atoms with Crippen LogP contribution in [0.3, 0.4) is 0 Å². The number of aromatic nitrogens is 4. The molecule has 1 saturated heterocycles. The fourth-order valence-electron chi connectivity index (χ4n) is 3.20. The molecule has 0 bridgehead atoms. The van der Waals surface area contributed by atoms with Gasteiger partial charge in [0.05, 0.1) is 18.3 Å². The summed E-state index contributed by atoms with van der Waals surface area (Å²) in [6.45, 7) is 6.78. The molecular weight excluding hydrogens is 350 g/mol. The van der Waals surface area contributed by atoms with Crippen LogP contribution in [-0.2, 0) is 12.0 Å². The second-order valence-electron chi connectivity index (χ2n) is 7.77. The number of carbonyl (C=O) groups is 1. The van der Waals surface area contributed by atoms with Crippen LogP contribution < -0.4 is 16.8 Å². The van der Waals surface area contributed by atoms with Gasteiger partial charge in [0.2, 0.25) is 0 Å². The lowest BCUT2D eigenvalue weighted by Crippen LogP contribution is -2.43. The zero-order valence-corrected chi connectivity index (χ0v) is 15.6. The summed E-state index contributed by atoms with van der Waals surface area (Å²) in [5.74, 6) is -0.463. The smallest absolute Gasteiger partial charge is 0.325 e. The minimum Gasteiger partial charge on any atom is -0.334 e. The van der Waals surface area contributed by atoms with Crippen molar-refractivity contribution >= 4 is 5.91 Å². The molecule has 2 aromatic heterocycles. The fourth-order valence-corrected chi connectivity index (χ4v) is 3.20. The number of carbonyl (C=O) groups excluding carboxylic acids is 1. The van der Waals surface area contributed by atoms with Crippen LogP contribution in [0.15, 0.2) is 32.7 Å². The zero-order valence-electron chi connectivity index (χ0n) is 15.6. The summed E-state index contributed by atoms with van der Waals surface area (Å²) in [5, 5.41) is 4.45. The molecule has 1 amide bonds. The number of amides is 1. The Balaban J connectivity index is 1.87. The summed E-state index contributed by atoms with van der Waals surface area (Å²) >= 11 is 0. The molecule has 1 aliphatic heterocycles. The lowest BCUT2D eigenvalue weighted by atomic mass is 9.92. The number of nitrogens with zero attached hydrogens (tertiary/aromatic N) is 3. The molecule has 27 heavy (non-hydrogen) atoms. The van der Waals surface area contributed by atoms with E-state index in [-0.39, 0.29) is 29.1 Å². The van der Waals surface area contributed by atoms with Crippen molar-refractivity contribution < 1.29 is 4.79 Å². The van der Waals surface area contributed by atoms with Crippen LogP contribution in [0.1, 0.15) is 49.7 Å². The Morgan fingerprint density at radius 2 is 2.00 bits per heavy atom. The van der Waals surface area contributed by atoms with Gasteiger partial charge in [0.25, 0.3) is 17.0 Å². The predicted octanol–water partition coefficient (Wildman–Crippen LogP) is 0.222. The third kappa shape index (κ3) is 3.91. The molecule has 9 nitrogen and oxygen atoms in total. The number of rotatable bonds is 3. The standard InChI is InChI=1S/C18H23N5O4/c1-18(2,3)13-6-7-14(24)23(21-13)10-11-5-4-8-22(11)16(26)12-9-19-17(27)20-15(12)25/h6-7,9,11H,4-5,8,10H2,1-3H3,(H2,19,20,25,27). The molecule has 9 heteroatoms. The predicted molar refractivity (Wildman–Crippen MR) is 98.9 cm³/mol. The van der Waals surface area contributed by atoms with Crippen LogP contribution >= 0.6 is 0 Å². The highest BCUT2D eigenvalue weighted by molar-refractivity contribution is 5.93. The van der Waals surface area contributed by atoms with Gasteiger partial charge in [0.1, 0.15) is 5.56 Å². The van der Waals surface area contributed by atoms with Crippen molar-refractivity contribution in [2.45, 2.75) is 51.6 Å². The maximum absolute atomic E-state index is 12.8. The molecule has 1 aliphatic rings. The van der Waals surface area contributed by atoms with Crippen molar-refractivity contribution in [1.82, 2.24) is 24.6 Å². The van der Waals surface area contributed by atoms with E-state index in [0.717, 1.165) is 18.3 Å². The van der Waals surface area contributed by atoms with E-state index in [9.17, 15) is 19.2 Å². The molecule has 0 saturated carbocycles. The first-order valence-corrected chi connectivity index (χ1v) is 8.88. The molecule has 2 aromatic rings. The summed E-state index contributed by atoms with van der Waals surface area (Å²) in [5.41, 5.74) is -1.16. The normalized spacial score (nSPS) is 17.3. The van der Waals surface area contributed by atoms with Crippen LogP contribution in [-0.4, -0.2) is 43.1 Å². The summed E-state index contributed by atoms with van der Waals surface area (Å²) in [6, 6.07) is 2.96. The van der Waals surface area contributed by atoms with Crippen molar-refractivity contribution in [1.29, 1.82) is 0 Å². The Kier molecular flexibility index (Phi) is 4.86. The van der Waals surface area contributed by atoms with Gasteiger partial charge in [-0.2, -0.15) is 5.10 Å². The van der Waals surface area contributed by atoms with Gasteiger partial charge in [-0.1, -0.05) is 20.8 Å². The lowest BCUT2D eigenvalue weighted by Gasteiger charge is -2.25. The van der Waals surface area contributed by atoms with Crippen LogP contribution in [0, 0.1) is 0 Å². The van der Waals surface area contributed by atoms with Gasteiger partial charge in [-0.15, -0.1) is 0 Å². The Bertz CT molecular complexity index is 1030. The second kappa shape index (κ2) is 6.98. The van der Waals surface area contributed by atoms with E-state index in [1.54, 1.807) is 11.0 Å². The maximum Gasteiger partial charge on any atom is 0.325 e. The molecule has 1 atom stereocenters. The number of nitrogens with one attached hydrogen (secondary N) is 2. The van der Waals surface area contributed by atoms with Crippen molar-refractivity contribution in [3.63, 3.8) is 0 Å². The Morgan fingerprint density at radius 1 is 1.26 bits per heavy atom. The first-order chi connectivity index (χ1) is 12.7. The summed E-state index contributed by atoms with van der Waals surface area (Å²) < 4.78 is 1.38. The van der Waals surface area contributed by atoms with E-state index in [1.807, 2.05) is 20.8 Å². The summed E-state index contributed by atoms with van der Waals surface area (Å²) in [4.78, 5) is 54.0. The second-order valence-corrected chi connectivity index (χ2v) is 7.77. The molecule has 0 aliphatic carbocycles. The van der Waals surface area contributed by atoms with E-state index in [2.05, 4.69) is 15.1 Å². The summed E-state index contributed by atoms with van der Waals surface area (Å²) in [7, 11) is 0. The van der Waals surface area contributed by atoms with Crippen molar-refractivity contribution in [3.8, 4) is 0 Å². The van der Waals surface area contributed by atoms with Crippen LogP contribution in [0.25, 0.3) is 0 Å². The van der Waals surface area contributed by atoms with Gasteiger partial charge < -0.3 is 9.88 Å². The highest BCUT2D eigenvalue weighted by Crippen LogP contribution is 2.21. The number of likely N-dealkylation sites (tertiary alicyclic amines) is 1. The third-order valence-electron chi connectivity index (χ3n) is 4.71. The lowest BCUT2D eigenvalue weighted by molar-refractivity contribution is 0.0717. The SMILES string of the molecule is CC(C)(C)c1ccc(=O)n(CC2CCCN2C(=O)c2c[nH]c(=O)[nH]c2=O)n1. The van der Waals surface area contributed by atoms with Crippen molar-refractivity contribution in [2.75, 3.05) is 6.54 Å². The van der Waals surface area contributed by atoms with E-state index >= 15 is 0 Å². The molecule has 2 N–H and O–H groups in total. The average molecular weight is 373 g/mol. The number of H-pyrrole nitrogens is 2. The van der Waals surface area contributed by atoms with E-state index < -0.39 is 17.2 Å². The average Bonchev–Trinajstić information content (AvgIpc) is 3.03. The number of hydrogen-bond donors (Lipinski definition) is 2. The zero-order chi connectivity index (χ0) is 19.8. The van der Waals surface area contributed by atoms with Crippen molar-refractivity contribution in [2.24, 2.45) is 0 Å².